The van der Waals surface area contributed by atoms with Gasteiger partial charge in [0.25, 0.3) is 0 Å². The molecule has 2 aromatic heterocycles. The van der Waals surface area contributed by atoms with Gasteiger partial charge in [-0.3, -0.25) is 9.88 Å². The molecule has 0 spiro atoms. The van der Waals surface area contributed by atoms with Crippen LogP contribution in [-0.4, -0.2) is 34.5 Å². The molecule has 19 heavy (non-hydrogen) atoms. The Balaban J connectivity index is 1.77. The Morgan fingerprint density at radius 3 is 3.00 bits per heavy atom. The highest BCUT2D eigenvalue weighted by molar-refractivity contribution is 7.09. The molecule has 0 radical (unpaired) electrons. The minimum Gasteiger partial charge on any atom is -0.314 e. The predicted octanol–water partition coefficient (Wildman–Crippen LogP) is 1.99. The summed E-state index contributed by atoms with van der Waals surface area (Å²) >= 11 is 1.73. The molecular formula is C14H18N4S. The molecule has 0 amide bonds. The average Bonchev–Trinajstić information content (AvgIpc) is 2.86. The summed E-state index contributed by atoms with van der Waals surface area (Å²) in [5.74, 6) is 0. The van der Waals surface area contributed by atoms with Crippen LogP contribution in [0.15, 0.2) is 29.9 Å². The first-order valence-corrected chi connectivity index (χ1v) is 7.46. The Morgan fingerprint density at radius 1 is 1.42 bits per heavy atom. The molecular weight excluding hydrogens is 256 g/mol. The van der Waals surface area contributed by atoms with E-state index in [2.05, 4.69) is 44.6 Å². The van der Waals surface area contributed by atoms with Gasteiger partial charge in [0, 0.05) is 50.0 Å². The summed E-state index contributed by atoms with van der Waals surface area (Å²) in [6.07, 6.45) is 3.74. The first-order chi connectivity index (χ1) is 9.33. The molecule has 1 unspecified atom stereocenters. The van der Waals surface area contributed by atoms with Gasteiger partial charge in [-0.1, -0.05) is 0 Å². The van der Waals surface area contributed by atoms with Crippen LogP contribution in [0.4, 0.5) is 0 Å². The predicted molar refractivity (Wildman–Crippen MR) is 77.1 cm³/mol. The van der Waals surface area contributed by atoms with E-state index in [4.69, 9.17) is 0 Å². The van der Waals surface area contributed by atoms with Crippen LogP contribution in [0.3, 0.4) is 0 Å². The minimum absolute atomic E-state index is 0.416. The number of nitrogens with zero attached hydrogens (tertiary/aromatic N) is 3. The summed E-state index contributed by atoms with van der Waals surface area (Å²) in [4.78, 5) is 11.2. The van der Waals surface area contributed by atoms with E-state index in [-0.39, 0.29) is 0 Å². The Morgan fingerprint density at radius 2 is 2.26 bits per heavy atom. The normalized spacial score (nSPS) is 20.6. The summed E-state index contributed by atoms with van der Waals surface area (Å²) < 4.78 is 0. The molecule has 3 rings (SSSR count). The maximum absolute atomic E-state index is 4.58. The third-order valence-corrected chi connectivity index (χ3v) is 4.30. The van der Waals surface area contributed by atoms with Crippen LogP contribution in [0.5, 0.6) is 0 Å². The molecule has 5 heteroatoms. The number of rotatable bonds is 3. The van der Waals surface area contributed by atoms with E-state index in [1.54, 1.807) is 11.3 Å². The molecule has 0 bridgehead atoms. The number of aromatic nitrogens is 2. The summed E-state index contributed by atoms with van der Waals surface area (Å²) in [6, 6.07) is 4.63. The topological polar surface area (TPSA) is 41.1 Å². The van der Waals surface area contributed by atoms with Gasteiger partial charge < -0.3 is 5.32 Å². The van der Waals surface area contributed by atoms with Crippen LogP contribution < -0.4 is 5.32 Å². The number of hydrogen-bond acceptors (Lipinski definition) is 5. The maximum atomic E-state index is 4.58. The van der Waals surface area contributed by atoms with Crippen molar-refractivity contribution in [3.63, 3.8) is 0 Å². The third-order valence-electron chi connectivity index (χ3n) is 3.48. The average molecular weight is 274 g/mol. The van der Waals surface area contributed by atoms with Gasteiger partial charge in [-0.25, -0.2) is 4.98 Å². The fourth-order valence-corrected chi connectivity index (χ4v) is 3.14. The van der Waals surface area contributed by atoms with Crippen LogP contribution >= 0.6 is 11.3 Å². The smallest absolute Gasteiger partial charge is 0.0897 e. The summed E-state index contributed by atoms with van der Waals surface area (Å²) in [6.45, 7) is 6.09. The van der Waals surface area contributed by atoms with E-state index in [1.807, 2.05) is 12.4 Å². The fourth-order valence-electron chi connectivity index (χ4n) is 2.54. The van der Waals surface area contributed by atoms with Crippen molar-refractivity contribution in [1.29, 1.82) is 0 Å². The Labute approximate surface area is 117 Å². The van der Waals surface area contributed by atoms with Gasteiger partial charge in [0.2, 0.25) is 0 Å². The van der Waals surface area contributed by atoms with Crippen molar-refractivity contribution in [3.05, 3.63) is 46.2 Å². The quantitative estimate of drug-likeness (QED) is 0.929. The van der Waals surface area contributed by atoms with Crippen molar-refractivity contribution in [2.75, 3.05) is 19.6 Å². The highest BCUT2D eigenvalue weighted by Gasteiger charge is 2.24. The minimum atomic E-state index is 0.416. The van der Waals surface area contributed by atoms with E-state index >= 15 is 0 Å². The van der Waals surface area contributed by atoms with Crippen molar-refractivity contribution in [2.24, 2.45) is 0 Å². The van der Waals surface area contributed by atoms with E-state index in [0.29, 0.717) is 6.04 Å². The lowest BCUT2D eigenvalue weighted by molar-refractivity contribution is 0.152. The van der Waals surface area contributed by atoms with Crippen LogP contribution in [0.1, 0.15) is 22.3 Å². The Kier molecular flexibility index (Phi) is 3.87. The van der Waals surface area contributed by atoms with Crippen LogP contribution in [-0.2, 0) is 6.54 Å². The lowest BCUT2D eigenvalue weighted by Crippen LogP contribution is -2.45. The van der Waals surface area contributed by atoms with Crippen molar-refractivity contribution in [1.82, 2.24) is 20.2 Å². The second-order valence-electron chi connectivity index (χ2n) is 4.83. The van der Waals surface area contributed by atoms with E-state index in [9.17, 15) is 0 Å². The summed E-state index contributed by atoms with van der Waals surface area (Å²) in [5.41, 5.74) is 2.51. The molecule has 1 aliphatic rings. The molecule has 0 aromatic carbocycles. The first kappa shape index (κ1) is 12.7. The Hall–Kier alpha value is -1.30. The molecule has 1 N–H and O–H groups in total. The first-order valence-electron chi connectivity index (χ1n) is 6.58. The zero-order valence-electron chi connectivity index (χ0n) is 11.0. The number of pyridine rings is 1. The van der Waals surface area contributed by atoms with Gasteiger partial charge in [0.1, 0.15) is 0 Å². The van der Waals surface area contributed by atoms with Crippen LogP contribution in [0.2, 0.25) is 0 Å². The molecule has 4 nitrogen and oxygen atoms in total. The zero-order valence-corrected chi connectivity index (χ0v) is 11.9. The van der Waals surface area contributed by atoms with Gasteiger partial charge in [-0.15, -0.1) is 11.3 Å². The van der Waals surface area contributed by atoms with E-state index in [0.717, 1.165) is 31.2 Å². The molecule has 2 aromatic rings. The number of thiazole rings is 1. The van der Waals surface area contributed by atoms with E-state index < -0.39 is 0 Å². The van der Waals surface area contributed by atoms with Crippen molar-refractivity contribution in [3.8, 4) is 0 Å². The van der Waals surface area contributed by atoms with Crippen molar-refractivity contribution >= 4 is 11.3 Å². The van der Waals surface area contributed by atoms with Crippen molar-refractivity contribution in [2.45, 2.75) is 19.5 Å². The summed E-state index contributed by atoms with van der Waals surface area (Å²) in [5, 5.41) is 6.79. The molecule has 0 aliphatic carbocycles. The maximum Gasteiger partial charge on any atom is 0.0897 e. The van der Waals surface area contributed by atoms with Crippen LogP contribution in [0, 0.1) is 6.92 Å². The number of hydrogen-bond donors (Lipinski definition) is 1. The molecule has 1 fully saturated rings. The van der Waals surface area contributed by atoms with Gasteiger partial charge in [-0.2, -0.15) is 0 Å². The highest BCUT2D eigenvalue weighted by atomic mass is 32.1. The molecule has 1 aliphatic heterocycles. The highest BCUT2D eigenvalue weighted by Crippen LogP contribution is 2.24. The monoisotopic (exact) mass is 274 g/mol. The fraction of sp³-hybridized carbons (Fsp3) is 0.429. The zero-order chi connectivity index (χ0) is 13.1. The largest absolute Gasteiger partial charge is 0.314 e. The van der Waals surface area contributed by atoms with E-state index in [1.165, 1.54) is 11.3 Å². The molecule has 1 saturated heterocycles. The second kappa shape index (κ2) is 5.77. The molecule has 3 heterocycles. The van der Waals surface area contributed by atoms with Gasteiger partial charge in [0.15, 0.2) is 0 Å². The lowest BCUT2D eigenvalue weighted by Gasteiger charge is -2.36. The van der Waals surface area contributed by atoms with Gasteiger partial charge in [-0.05, 0) is 24.6 Å². The standard InChI is InChI=1S/C14H18N4S/c1-11-17-13(10-19-11)9-18-7-6-16-8-14(18)12-2-4-15-5-3-12/h2-5,10,14,16H,6-9H2,1H3. The Bertz CT molecular complexity index is 525. The van der Waals surface area contributed by atoms with Crippen molar-refractivity contribution < 1.29 is 0 Å². The number of piperazine rings is 1. The van der Waals surface area contributed by atoms with Gasteiger partial charge in [0.05, 0.1) is 10.7 Å². The lowest BCUT2D eigenvalue weighted by atomic mass is 10.0. The SMILES string of the molecule is Cc1nc(CN2CCNCC2c2ccncc2)cs1. The molecule has 100 valence electrons. The van der Waals surface area contributed by atoms with Crippen LogP contribution in [0.25, 0.3) is 0 Å². The number of nitrogens with one attached hydrogen (secondary N) is 1. The second-order valence-corrected chi connectivity index (χ2v) is 5.89. The third kappa shape index (κ3) is 3.00. The number of aryl methyl sites for hydroxylation is 1. The van der Waals surface area contributed by atoms with Gasteiger partial charge >= 0.3 is 0 Å². The summed E-state index contributed by atoms with van der Waals surface area (Å²) in [7, 11) is 0. The molecule has 1 atom stereocenters. The molecule has 0 saturated carbocycles.